The molecule has 0 spiro atoms. The fourth-order valence-electron chi connectivity index (χ4n) is 2.37. The Bertz CT molecular complexity index is 660. The van der Waals surface area contributed by atoms with Crippen molar-refractivity contribution in [1.29, 1.82) is 0 Å². The quantitative estimate of drug-likeness (QED) is 0.319. The number of nitrogens with one attached hydrogen (secondary N) is 2. The smallest absolute Gasteiger partial charge is 0.395 e. The molecule has 27 heavy (non-hydrogen) atoms. The van der Waals surface area contributed by atoms with Crippen molar-refractivity contribution in [2.45, 2.75) is 39.5 Å². The van der Waals surface area contributed by atoms with Crippen LogP contribution in [0.1, 0.15) is 39.5 Å². The predicted octanol–water partition coefficient (Wildman–Crippen LogP) is 5.67. The molecule has 0 amide bonds. The maximum Gasteiger partial charge on any atom is 0.584 e. The summed E-state index contributed by atoms with van der Waals surface area (Å²) >= 11 is 0. The monoisotopic (exact) mass is 392 g/mol. The molecule has 2 rings (SSSR count). The zero-order chi connectivity index (χ0) is 19.5. The second-order valence-electron chi connectivity index (χ2n) is 6.26. The summed E-state index contributed by atoms with van der Waals surface area (Å²) in [5.41, 5.74) is 1.88. The van der Waals surface area contributed by atoms with E-state index < -0.39 is 7.82 Å². The van der Waals surface area contributed by atoms with Crippen LogP contribution in [0, 0.1) is 0 Å². The Morgan fingerprint density at radius 3 is 1.48 bits per heavy atom. The van der Waals surface area contributed by atoms with Crippen LogP contribution in [0.2, 0.25) is 0 Å². The lowest BCUT2D eigenvalue weighted by Crippen LogP contribution is -2.02. The molecule has 7 heteroatoms. The minimum absolute atomic E-state index is 0.278. The van der Waals surface area contributed by atoms with Crippen molar-refractivity contribution >= 4 is 19.2 Å². The molecule has 0 aliphatic carbocycles. The average Bonchev–Trinajstić information content (AvgIpc) is 2.64. The Kier molecular flexibility index (Phi) is 8.49. The van der Waals surface area contributed by atoms with E-state index in [1.807, 2.05) is 24.3 Å². The van der Waals surface area contributed by atoms with Crippen molar-refractivity contribution in [2.75, 3.05) is 23.7 Å². The van der Waals surface area contributed by atoms with Crippen LogP contribution in [0.15, 0.2) is 48.5 Å². The number of rotatable bonds is 12. The van der Waals surface area contributed by atoms with E-state index in [0.717, 1.165) is 50.1 Å². The summed E-state index contributed by atoms with van der Waals surface area (Å²) in [6.45, 7) is 6.05. The van der Waals surface area contributed by atoms with Crippen LogP contribution in [0.5, 0.6) is 11.5 Å². The average molecular weight is 392 g/mol. The first-order chi connectivity index (χ1) is 13.0. The zero-order valence-electron chi connectivity index (χ0n) is 16.0. The number of benzene rings is 2. The summed E-state index contributed by atoms with van der Waals surface area (Å²) in [4.78, 5) is 9.99. The second-order valence-corrected chi connectivity index (χ2v) is 7.56. The molecule has 0 atom stereocenters. The maximum absolute atomic E-state index is 12.2. The standard InChI is InChI=1S/C20H29N2O4P/c1-3-5-15-21-17-7-11-19(12-8-17)25-27(23,24)26-20-13-9-18(10-14-20)22-16-6-4-2/h7-14,21-22H,3-6,15-16H2,1-2H3,(H,23,24). The Labute approximate surface area is 161 Å². The van der Waals surface area contributed by atoms with Gasteiger partial charge in [0.1, 0.15) is 11.5 Å². The lowest BCUT2D eigenvalue weighted by molar-refractivity contribution is 0.291. The molecule has 148 valence electrons. The second kappa shape index (κ2) is 10.9. The zero-order valence-corrected chi connectivity index (χ0v) is 16.9. The molecule has 6 nitrogen and oxygen atoms in total. The summed E-state index contributed by atoms with van der Waals surface area (Å²) in [5.74, 6) is 0.555. The van der Waals surface area contributed by atoms with E-state index in [9.17, 15) is 9.46 Å². The van der Waals surface area contributed by atoms with Gasteiger partial charge >= 0.3 is 7.82 Å². The van der Waals surface area contributed by atoms with Gasteiger partial charge in [-0.05, 0) is 61.4 Å². The van der Waals surface area contributed by atoms with E-state index >= 15 is 0 Å². The molecule has 0 aliphatic rings. The fraction of sp³-hybridized carbons (Fsp3) is 0.400. The number of hydrogen-bond donors (Lipinski definition) is 3. The highest BCUT2D eigenvalue weighted by Gasteiger charge is 2.25. The van der Waals surface area contributed by atoms with Crippen LogP contribution in [0.3, 0.4) is 0 Å². The summed E-state index contributed by atoms with van der Waals surface area (Å²) in [6, 6.07) is 13.8. The molecule has 0 aliphatic heterocycles. The summed E-state index contributed by atoms with van der Waals surface area (Å²) < 4.78 is 22.5. The highest BCUT2D eigenvalue weighted by atomic mass is 31.2. The summed E-state index contributed by atoms with van der Waals surface area (Å²) in [5, 5.41) is 6.55. The third kappa shape index (κ3) is 7.94. The van der Waals surface area contributed by atoms with Crippen molar-refractivity contribution in [1.82, 2.24) is 0 Å². The molecule has 0 radical (unpaired) electrons. The van der Waals surface area contributed by atoms with Crippen LogP contribution >= 0.6 is 7.82 Å². The molecule has 2 aromatic rings. The van der Waals surface area contributed by atoms with Gasteiger partial charge in [-0.2, -0.15) is 0 Å². The molecule has 0 unspecified atom stereocenters. The van der Waals surface area contributed by atoms with Crippen LogP contribution in [0.4, 0.5) is 11.4 Å². The summed E-state index contributed by atoms with van der Waals surface area (Å²) in [7, 11) is -4.26. The highest BCUT2D eigenvalue weighted by molar-refractivity contribution is 7.48. The first kappa shape index (κ1) is 21.1. The SMILES string of the molecule is CCCCNc1ccc(OP(=O)(O)Oc2ccc(NCCCC)cc2)cc1. The molecule has 0 heterocycles. The molecule has 0 fully saturated rings. The molecular formula is C20H29N2O4P. The van der Waals surface area contributed by atoms with Gasteiger partial charge in [0, 0.05) is 24.5 Å². The molecule has 2 aromatic carbocycles. The Hall–Kier alpha value is -2.17. The van der Waals surface area contributed by atoms with Gasteiger partial charge in [-0.3, -0.25) is 4.89 Å². The van der Waals surface area contributed by atoms with E-state index in [2.05, 4.69) is 24.5 Å². The maximum atomic E-state index is 12.2. The van der Waals surface area contributed by atoms with Gasteiger partial charge < -0.3 is 19.7 Å². The highest BCUT2D eigenvalue weighted by Crippen LogP contribution is 2.44. The topological polar surface area (TPSA) is 79.8 Å². The number of phosphoric ester groups is 1. The van der Waals surface area contributed by atoms with Gasteiger partial charge in [0.15, 0.2) is 0 Å². The molecule has 0 saturated carbocycles. The normalized spacial score (nSPS) is 11.1. The summed E-state index contributed by atoms with van der Waals surface area (Å²) in [6.07, 6.45) is 4.42. The van der Waals surface area contributed by atoms with Gasteiger partial charge in [-0.25, -0.2) is 4.57 Å². The lowest BCUT2D eigenvalue weighted by Gasteiger charge is -2.15. The first-order valence-corrected chi connectivity index (χ1v) is 10.9. The molecule has 3 N–H and O–H groups in total. The largest absolute Gasteiger partial charge is 0.584 e. The van der Waals surface area contributed by atoms with Crippen molar-refractivity contribution < 1.29 is 18.5 Å². The molecule has 0 saturated heterocycles. The third-order valence-corrected chi connectivity index (χ3v) is 4.75. The van der Waals surface area contributed by atoms with Crippen LogP contribution < -0.4 is 19.7 Å². The predicted molar refractivity (Wildman–Crippen MR) is 111 cm³/mol. The Morgan fingerprint density at radius 2 is 1.15 bits per heavy atom. The minimum Gasteiger partial charge on any atom is -0.395 e. The van der Waals surface area contributed by atoms with Crippen molar-refractivity contribution in [3.8, 4) is 11.5 Å². The number of hydrogen-bond acceptors (Lipinski definition) is 5. The number of anilines is 2. The first-order valence-electron chi connectivity index (χ1n) is 9.42. The van der Waals surface area contributed by atoms with Crippen molar-refractivity contribution in [3.05, 3.63) is 48.5 Å². The van der Waals surface area contributed by atoms with E-state index in [1.165, 1.54) is 0 Å². The van der Waals surface area contributed by atoms with Crippen LogP contribution in [-0.4, -0.2) is 18.0 Å². The van der Waals surface area contributed by atoms with E-state index in [0.29, 0.717) is 0 Å². The lowest BCUT2D eigenvalue weighted by atomic mass is 10.3. The Balaban J connectivity index is 1.87. The van der Waals surface area contributed by atoms with E-state index in [-0.39, 0.29) is 11.5 Å². The molecule has 0 aromatic heterocycles. The molecule has 0 bridgehead atoms. The molecular weight excluding hydrogens is 363 g/mol. The van der Waals surface area contributed by atoms with Gasteiger partial charge in [0.2, 0.25) is 0 Å². The fourth-order valence-corrected chi connectivity index (χ4v) is 3.18. The van der Waals surface area contributed by atoms with Crippen LogP contribution in [-0.2, 0) is 4.57 Å². The van der Waals surface area contributed by atoms with E-state index in [1.54, 1.807) is 24.3 Å². The third-order valence-electron chi connectivity index (χ3n) is 3.87. The van der Waals surface area contributed by atoms with Gasteiger partial charge in [0.05, 0.1) is 0 Å². The van der Waals surface area contributed by atoms with Crippen LogP contribution in [0.25, 0.3) is 0 Å². The Morgan fingerprint density at radius 1 is 0.778 bits per heavy atom. The minimum atomic E-state index is -4.26. The van der Waals surface area contributed by atoms with Crippen molar-refractivity contribution in [3.63, 3.8) is 0 Å². The van der Waals surface area contributed by atoms with Gasteiger partial charge in [0.25, 0.3) is 0 Å². The number of phosphoric acid groups is 1. The number of unbranched alkanes of at least 4 members (excludes halogenated alkanes) is 2. The van der Waals surface area contributed by atoms with E-state index in [4.69, 9.17) is 9.05 Å². The van der Waals surface area contributed by atoms with Gasteiger partial charge in [-0.1, -0.05) is 26.7 Å². The van der Waals surface area contributed by atoms with Gasteiger partial charge in [-0.15, -0.1) is 0 Å². The van der Waals surface area contributed by atoms with Crippen molar-refractivity contribution in [2.24, 2.45) is 0 Å².